The summed E-state index contributed by atoms with van der Waals surface area (Å²) in [6.45, 7) is -0.227. The fraction of sp³-hybridized carbons (Fsp3) is 0.115. The van der Waals surface area contributed by atoms with E-state index in [0.717, 1.165) is 22.4 Å². The van der Waals surface area contributed by atoms with Crippen LogP contribution >= 0.6 is 0 Å². The van der Waals surface area contributed by atoms with E-state index < -0.39 is 12.0 Å². The number of carbonyl (C=O) groups is 2. The highest BCUT2D eigenvalue weighted by molar-refractivity contribution is 6.02. The zero-order valence-electron chi connectivity index (χ0n) is 17.6. The third kappa shape index (κ3) is 3.96. The molecule has 7 heteroatoms. The number of aromatic carboxylic acids is 1. The number of carboxylic acid groups (broad SMARTS) is 1. The van der Waals surface area contributed by atoms with Gasteiger partial charge in [0.25, 0.3) is 5.91 Å². The second-order valence-corrected chi connectivity index (χ2v) is 7.80. The molecule has 0 saturated heterocycles. The lowest BCUT2D eigenvalue weighted by molar-refractivity contribution is -0.121. The first-order chi connectivity index (χ1) is 16.1. The van der Waals surface area contributed by atoms with Crippen LogP contribution in [0.15, 0.2) is 85.3 Å². The number of aromatic amines is 1. The molecule has 0 fully saturated rings. The highest BCUT2D eigenvalue weighted by Crippen LogP contribution is 2.40. The van der Waals surface area contributed by atoms with Crippen molar-refractivity contribution in [1.82, 2.24) is 9.97 Å². The Morgan fingerprint density at radius 1 is 1.03 bits per heavy atom. The van der Waals surface area contributed by atoms with Crippen molar-refractivity contribution in [2.24, 2.45) is 0 Å². The van der Waals surface area contributed by atoms with Crippen molar-refractivity contribution in [3.63, 3.8) is 0 Å². The number of para-hydroxylation sites is 1. The molecule has 7 nitrogen and oxygen atoms in total. The lowest BCUT2D eigenvalue weighted by Gasteiger charge is -2.36. The summed E-state index contributed by atoms with van der Waals surface area (Å²) in [6, 6.07) is 22.7. The quantitative estimate of drug-likeness (QED) is 0.462. The van der Waals surface area contributed by atoms with E-state index in [9.17, 15) is 14.7 Å². The number of nitrogens with one attached hydrogen (secondary N) is 1. The van der Waals surface area contributed by atoms with Gasteiger partial charge in [0, 0.05) is 0 Å². The molecule has 2 N–H and O–H groups in total. The fourth-order valence-corrected chi connectivity index (χ4v) is 4.19. The summed E-state index contributed by atoms with van der Waals surface area (Å²) in [5.74, 6) is -1.14. The Balaban J connectivity index is 1.52. The van der Waals surface area contributed by atoms with Crippen LogP contribution in [0.2, 0.25) is 0 Å². The molecule has 0 saturated carbocycles. The maximum Gasteiger partial charge on any atom is 0.339 e. The third-order valence-corrected chi connectivity index (χ3v) is 5.77. The molecule has 0 bridgehead atoms. The SMILES string of the molecule is O=C(O)c1cccc2c1OCC(=O)N2C(Cc1ccc(-c2ccccc2)cc1)c1cnc[nH]1. The number of carboxylic acids is 1. The summed E-state index contributed by atoms with van der Waals surface area (Å²) in [5, 5.41) is 9.57. The summed E-state index contributed by atoms with van der Waals surface area (Å²) >= 11 is 0. The van der Waals surface area contributed by atoms with E-state index in [4.69, 9.17) is 4.74 Å². The van der Waals surface area contributed by atoms with Crippen molar-refractivity contribution in [3.8, 4) is 16.9 Å². The van der Waals surface area contributed by atoms with E-state index in [1.165, 1.54) is 6.07 Å². The largest absolute Gasteiger partial charge is 0.481 e. The molecule has 1 atom stereocenters. The van der Waals surface area contributed by atoms with E-state index in [-0.39, 0.29) is 23.8 Å². The first kappa shape index (κ1) is 20.5. The number of amides is 1. The van der Waals surface area contributed by atoms with Gasteiger partial charge in [-0.1, -0.05) is 60.7 Å². The van der Waals surface area contributed by atoms with Crippen LogP contribution in [0.3, 0.4) is 0 Å². The summed E-state index contributed by atoms with van der Waals surface area (Å²) in [7, 11) is 0. The molecule has 0 radical (unpaired) electrons. The van der Waals surface area contributed by atoms with E-state index in [0.29, 0.717) is 12.1 Å². The predicted molar refractivity (Wildman–Crippen MR) is 123 cm³/mol. The van der Waals surface area contributed by atoms with Crippen LogP contribution < -0.4 is 9.64 Å². The van der Waals surface area contributed by atoms with Gasteiger partial charge in [-0.05, 0) is 35.2 Å². The number of benzene rings is 3. The topological polar surface area (TPSA) is 95.5 Å². The minimum absolute atomic E-state index is 0.0283. The molecule has 5 rings (SSSR count). The molecule has 0 aliphatic carbocycles. The van der Waals surface area contributed by atoms with E-state index in [2.05, 4.69) is 34.2 Å². The number of nitrogens with zero attached hydrogens (tertiary/aromatic N) is 2. The summed E-state index contributed by atoms with van der Waals surface area (Å²) in [5.41, 5.74) is 4.49. The van der Waals surface area contributed by atoms with Gasteiger partial charge in [-0.25, -0.2) is 9.78 Å². The Morgan fingerprint density at radius 3 is 2.48 bits per heavy atom. The van der Waals surface area contributed by atoms with Gasteiger partial charge in [0.2, 0.25) is 0 Å². The lowest BCUT2D eigenvalue weighted by atomic mass is 9.97. The van der Waals surface area contributed by atoms with Crippen LogP contribution in [-0.4, -0.2) is 33.6 Å². The van der Waals surface area contributed by atoms with Crippen LogP contribution in [-0.2, 0) is 11.2 Å². The number of hydrogen-bond donors (Lipinski definition) is 2. The molecular formula is C26H21N3O4. The fourth-order valence-electron chi connectivity index (χ4n) is 4.19. The molecule has 1 aliphatic rings. The first-order valence-electron chi connectivity index (χ1n) is 10.6. The highest BCUT2D eigenvalue weighted by atomic mass is 16.5. The highest BCUT2D eigenvalue weighted by Gasteiger charge is 2.35. The van der Waals surface area contributed by atoms with Crippen molar-refractivity contribution in [3.05, 3.63) is 102 Å². The van der Waals surface area contributed by atoms with Crippen LogP contribution in [0.1, 0.15) is 27.7 Å². The molecule has 0 spiro atoms. The maximum atomic E-state index is 13.0. The monoisotopic (exact) mass is 439 g/mol. The van der Waals surface area contributed by atoms with E-state index >= 15 is 0 Å². The number of anilines is 1. The van der Waals surface area contributed by atoms with Crippen LogP contribution in [0.4, 0.5) is 5.69 Å². The Hall–Kier alpha value is -4.39. The van der Waals surface area contributed by atoms with Crippen molar-refractivity contribution in [2.75, 3.05) is 11.5 Å². The van der Waals surface area contributed by atoms with Crippen molar-refractivity contribution in [1.29, 1.82) is 0 Å². The van der Waals surface area contributed by atoms with Crippen LogP contribution in [0.25, 0.3) is 11.1 Å². The molecule has 4 aromatic rings. The molecule has 164 valence electrons. The molecule has 33 heavy (non-hydrogen) atoms. The maximum absolute atomic E-state index is 13.0. The van der Waals surface area contributed by atoms with Gasteiger partial charge in [-0.2, -0.15) is 0 Å². The third-order valence-electron chi connectivity index (χ3n) is 5.77. The van der Waals surface area contributed by atoms with E-state index in [1.807, 2.05) is 30.3 Å². The first-order valence-corrected chi connectivity index (χ1v) is 10.6. The van der Waals surface area contributed by atoms with Gasteiger partial charge >= 0.3 is 5.97 Å². The average molecular weight is 439 g/mol. The number of carbonyl (C=O) groups excluding carboxylic acids is 1. The van der Waals surface area contributed by atoms with Gasteiger partial charge in [-0.3, -0.25) is 9.69 Å². The van der Waals surface area contributed by atoms with Gasteiger partial charge < -0.3 is 14.8 Å². The second-order valence-electron chi connectivity index (χ2n) is 7.80. The van der Waals surface area contributed by atoms with Crippen molar-refractivity contribution >= 4 is 17.6 Å². The van der Waals surface area contributed by atoms with Crippen molar-refractivity contribution < 1.29 is 19.4 Å². The number of ether oxygens (including phenoxy) is 1. The Bertz CT molecular complexity index is 1290. The molecular weight excluding hydrogens is 418 g/mol. The number of imidazole rings is 1. The van der Waals surface area contributed by atoms with Gasteiger partial charge in [-0.15, -0.1) is 0 Å². The summed E-state index contributed by atoms with van der Waals surface area (Å²) in [6.07, 6.45) is 3.77. The molecule has 1 aliphatic heterocycles. The number of H-pyrrole nitrogens is 1. The summed E-state index contributed by atoms with van der Waals surface area (Å²) < 4.78 is 5.54. The zero-order chi connectivity index (χ0) is 22.8. The molecule has 2 heterocycles. The van der Waals surface area contributed by atoms with E-state index in [1.54, 1.807) is 29.6 Å². The zero-order valence-corrected chi connectivity index (χ0v) is 17.6. The Labute approximate surface area is 190 Å². The Morgan fingerprint density at radius 2 is 1.79 bits per heavy atom. The molecule has 3 aromatic carbocycles. The molecule has 1 amide bonds. The minimum atomic E-state index is -1.10. The summed E-state index contributed by atoms with van der Waals surface area (Å²) in [4.78, 5) is 33.6. The number of hydrogen-bond acceptors (Lipinski definition) is 4. The van der Waals surface area contributed by atoms with Gasteiger partial charge in [0.1, 0.15) is 5.56 Å². The van der Waals surface area contributed by atoms with Crippen molar-refractivity contribution in [2.45, 2.75) is 12.5 Å². The smallest absolute Gasteiger partial charge is 0.339 e. The number of aromatic nitrogens is 2. The normalized spacial score (nSPS) is 13.8. The molecule has 1 unspecified atom stereocenters. The average Bonchev–Trinajstić information content (AvgIpc) is 3.38. The standard InChI is InChI=1S/C26H21N3O4/c30-24-15-33-25-20(26(31)32)7-4-8-22(25)29(24)23(21-14-27-16-28-21)13-17-9-11-19(12-10-17)18-5-2-1-3-6-18/h1-12,14,16,23H,13,15H2,(H,27,28)(H,31,32). The number of rotatable bonds is 6. The molecule has 1 aromatic heterocycles. The number of fused-ring (bicyclic) bond motifs is 1. The Kier molecular flexibility index (Phi) is 5.36. The predicted octanol–water partition coefficient (Wildman–Crippen LogP) is 4.48. The lowest BCUT2D eigenvalue weighted by Crippen LogP contribution is -2.42. The minimum Gasteiger partial charge on any atom is -0.481 e. The van der Waals surface area contributed by atoms with Crippen LogP contribution in [0.5, 0.6) is 5.75 Å². The van der Waals surface area contributed by atoms with Crippen LogP contribution in [0, 0.1) is 0 Å². The second kappa shape index (κ2) is 8.63. The van der Waals surface area contributed by atoms with Gasteiger partial charge in [0.15, 0.2) is 12.4 Å². The van der Waals surface area contributed by atoms with Gasteiger partial charge in [0.05, 0.1) is 29.9 Å².